The lowest BCUT2D eigenvalue weighted by Gasteiger charge is -2.04. The Morgan fingerprint density at radius 2 is 2.15 bits per heavy atom. The highest BCUT2D eigenvalue weighted by atomic mass is 79.9. The van der Waals surface area contributed by atoms with Crippen LogP contribution in [0.1, 0.15) is 37.3 Å². The molecular weight excluding hydrogens is 339 g/mol. The van der Waals surface area contributed by atoms with Crippen molar-refractivity contribution in [1.29, 1.82) is 0 Å². The van der Waals surface area contributed by atoms with Crippen LogP contribution in [0.5, 0.6) is 0 Å². The second-order valence-corrected chi connectivity index (χ2v) is 6.89. The molecule has 0 aliphatic rings. The normalized spacial score (nSPS) is 11.3. The molecule has 0 saturated carbocycles. The number of aromatic nitrogens is 1. The first-order chi connectivity index (χ1) is 9.52. The Bertz CT molecular complexity index is 596. The van der Waals surface area contributed by atoms with Crippen molar-refractivity contribution in [3.05, 3.63) is 39.1 Å². The van der Waals surface area contributed by atoms with Gasteiger partial charge in [-0.05, 0) is 30.7 Å². The van der Waals surface area contributed by atoms with E-state index in [2.05, 4.69) is 47.0 Å². The van der Waals surface area contributed by atoms with Crippen molar-refractivity contribution in [2.45, 2.75) is 33.2 Å². The predicted molar refractivity (Wildman–Crippen MR) is 86.7 cm³/mol. The summed E-state index contributed by atoms with van der Waals surface area (Å²) in [5.74, 6) is 0.102. The molecule has 1 aromatic heterocycles. The van der Waals surface area contributed by atoms with Crippen molar-refractivity contribution in [3.63, 3.8) is 0 Å². The van der Waals surface area contributed by atoms with Crippen LogP contribution in [0.15, 0.2) is 22.7 Å². The highest BCUT2D eigenvalue weighted by Crippen LogP contribution is 2.33. The Labute approximate surface area is 131 Å². The standard InChI is InChI=1S/C15H18BrFN2S/c1-4-18-8-13-14(9(2)3)19-15(20-13)11-6-5-10(16)7-12(11)17/h5-7,9,18H,4,8H2,1-3H3. The van der Waals surface area contributed by atoms with E-state index in [1.165, 1.54) is 10.9 Å². The smallest absolute Gasteiger partial charge is 0.134 e. The third-order valence-electron chi connectivity index (χ3n) is 2.97. The number of rotatable bonds is 5. The summed E-state index contributed by atoms with van der Waals surface area (Å²) in [7, 11) is 0. The van der Waals surface area contributed by atoms with Crippen LogP contribution >= 0.6 is 27.3 Å². The number of halogens is 2. The molecule has 0 unspecified atom stereocenters. The number of nitrogens with one attached hydrogen (secondary N) is 1. The van der Waals surface area contributed by atoms with Crippen LogP contribution in [0.3, 0.4) is 0 Å². The van der Waals surface area contributed by atoms with Crippen molar-refractivity contribution in [3.8, 4) is 10.6 Å². The van der Waals surface area contributed by atoms with Gasteiger partial charge in [0.15, 0.2) is 0 Å². The topological polar surface area (TPSA) is 24.9 Å². The zero-order chi connectivity index (χ0) is 14.7. The van der Waals surface area contributed by atoms with Gasteiger partial charge in [-0.2, -0.15) is 0 Å². The summed E-state index contributed by atoms with van der Waals surface area (Å²) in [6, 6.07) is 5.11. The molecule has 2 aromatic rings. The average Bonchev–Trinajstić information content (AvgIpc) is 2.80. The van der Waals surface area contributed by atoms with Crippen LogP contribution < -0.4 is 5.32 Å². The highest BCUT2D eigenvalue weighted by Gasteiger charge is 2.17. The largest absolute Gasteiger partial charge is 0.312 e. The molecule has 0 atom stereocenters. The van der Waals surface area contributed by atoms with Crippen LogP contribution in [0.2, 0.25) is 0 Å². The second kappa shape index (κ2) is 6.78. The molecule has 1 N–H and O–H groups in total. The van der Waals surface area contributed by atoms with Crippen molar-refractivity contribution >= 4 is 27.3 Å². The van der Waals surface area contributed by atoms with Crippen molar-refractivity contribution in [2.24, 2.45) is 0 Å². The molecule has 0 bridgehead atoms. The van der Waals surface area contributed by atoms with Crippen LogP contribution in [0, 0.1) is 5.82 Å². The van der Waals surface area contributed by atoms with Gasteiger partial charge in [-0.25, -0.2) is 9.37 Å². The number of thiazole rings is 1. The Morgan fingerprint density at radius 3 is 2.75 bits per heavy atom. The lowest BCUT2D eigenvalue weighted by atomic mass is 10.1. The monoisotopic (exact) mass is 356 g/mol. The fourth-order valence-electron chi connectivity index (χ4n) is 1.96. The maximum absolute atomic E-state index is 14.1. The quantitative estimate of drug-likeness (QED) is 0.820. The van der Waals surface area contributed by atoms with Crippen molar-refractivity contribution < 1.29 is 4.39 Å². The van der Waals surface area contributed by atoms with E-state index in [1.807, 2.05) is 6.07 Å². The lowest BCUT2D eigenvalue weighted by molar-refractivity contribution is 0.630. The minimum Gasteiger partial charge on any atom is -0.312 e. The molecule has 0 saturated heterocycles. The van der Waals surface area contributed by atoms with E-state index in [-0.39, 0.29) is 5.82 Å². The fourth-order valence-corrected chi connectivity index (χ4v) is 3.50. The van der Waals surface area contributed by atoms with E-state index < -0.39 is 0 Å². The molecule has 0 fully saturated rings. The Balaban J connectivity index is 2.41. The lowest BCUT2D eigenvalue weighted by Crippen LogP contribution is -2.12. The van der Waals surface area contributed by atoms with Gasteiger partial charge in [-0.3, -0.25) is 0 Å². The molecule has 0 spiro atoms. The van der Waals surface area contributed by atoms with Crippen LogP contribution in [0.25, 0.3) is 10.6 Å². The minimum atomic E-state index is -0.238. The molecule has 108 valence electrons. The number of hydrogen-bond acceptors (Lipinski definition) is 3. The first-order valence-corrected chi connectivity index (χ1v) is 8.29. The fraction of sp³-hybridized carbons (Fsp3) is 0.400. The van der Waals surface area contributed by atoms with E-state index >= 15 is 0 Å². The molecule has 20 heavy (non-hydrogen) atoms. The predicted octanol–water partition coefficient (Wildman–Crippen LogP) is 4.94. The third kappa shape index (κ3) is 3.45. The molecule has 0 aliphatic heterocycles. The number of nitrogens with zero attached hydrogens (tertiary/aromatic N) is 1. The van der Waals surface area contributed by atoms with Crippen molar-refractivity contribution in [2.75, 3.05) is 6.54 Å². The van der Waals surface area contributed by atoms with E-state index in [0.29, 0.717) is 11.5 Å². The number of benzene rings is 1. The van der Waals surface area contributed by atoms with Gasteiger partial charge >= 0.3 is 0 Å². The molecule has 0 amide bonds. The SMILES string of the molecule is CCNCc1sc(-c2ccc(Br)cc2F)nc1C(C)C. The summed E-state index contributed by atoms with van der Waals surface area (Å²) in [4.78, 5) is 5.84. The van der Waals surface area contributed by atoms with E-state index in [4.69, 9.17) is 0 Å². The average molecular weight is 357 g/mol. The van der Waals surface area contributed by atoms with E-state index in [0.717, 1.165) is 28.3 Å². The number of hydrogen-bond donors (Lipinski definition) is 1. The second-order valence-electron chi connectivity index (χ2n) is 4.89. The third-order valence-corrected chi connectivity index (χ3v) is 4.57. The van der Waals surface area contributed by atoms with Gasteiger partial charge in [0.25, 0.3) is 0 Å². The highest BCUT2D eigenvalue weighted by molar-refractivity contribution is 9.10. The van der Waals surface area contributed by atoms with E-state index in [9.17, 15) is 4.39 Å². The molecule has 5 heteroatoms. The molecule has 0 radical (unpaired) electrons. The molecule has 1 heterocycles. The maximum atomic E-state index is 14.1. The molecule has 0 aliphatic carbocycles. The summed E-state index contributed by atoms with van der Waals surface area (Å²) in [5, 5.41) is 4.07. The Kier molecular flexibility index (Phi) is 5.29. The zero-order valence-electron chi connectivity index (χ0n) is 11.8. The zero-order valence-corrected chi connectivity index (χ0v) is 14.2. The molecule has 1 aromatic carbocycles. The Morgan fingerprint density at radius 1 is 1.40 bits per heavy atom. The van der Waals surface area contributed by atoms with Crippen LogP contribution in [0.4, 0.5) is 4.39 Å². The molecular formula is C15H18BrFN2S. The van der Waals surface area contributed by atoms with Crippen LogP contribution in [-0.4, -0.2) is 11.5 Å². The van der Waals surface area contributed by atoms with Crippen molar-refractivity contribution in [1.82, 2.24) is 10.3 Å². The van der Waals surface area contributed by atoms with Gasteiger partial charge in [0.2, 0.25) is 0 Å². The summed E-state index contributed by atoms with van der Waals surface area (Å²) >= 11 is 4.85. The minimum absolute atomic E-state index is 0.238. The van der Waals surface area contributed by atoms with Gasteiger partial charge in [0.05, 0.1) is 5.69 Å². The van der Waals surface area contributed by atoms with Gasteiger partial charge in [-0.15, -0.1) is 11.3 Å². The summed E-state index contributed by atoms with van der Waals surface area (Å²) in [6.07, 6.45) is 0. The van der Waals surface area contributed by atoms with Gasteiger partial charge in [0.1, 0.15) is 10.8 Å². The van der Waals surface area contributed by atoms with Gasteiger partial charge in [-0.1, -0.05) is 36.7 Å². The van der Waals surface area contributed by atoms with Gasteiger partial charge < -0.3 is 5.32 Å². The molecule has 2 rings (SSSR count). The van der Waals surface area contributed by atoms with E-state index in [1.54, 1.807) is 17.4 Å². The maximum Gasteiger partial charge on any atom is 0.134 e. The summed E-state index contributed by atoms with van der Waals surface area (Å²) in [5.41, 5.74) is 1.64. The summed E-state index contributed by atoms with van der Waals surface area (Å²) < 4.78 is 14.8. The first-order valence-electron chi connectivity index (χ1n) is 6.68. The van der Waals surface area contributed by atoms with Crippen LogP contribution in [-0.2, 0) is 6.54 Å². The van der Waals surface area contributed by atoms with Gasteiger partial charge in [0, 0.05) is 21.5 Å². The molecule has 2 nitrogen and oxygen atoms in total. The first kappa shape index (κ1) is 15.6. The summed E-state index contributed by atoms with van der Waals surface area (Å²) in [6.45, 7) is 8.01. The Hall–Kier alpha value is -0.780.